The first-order valence-electron chi connectivity index (χ1n) is 9.68. The Labute approximate surface area is 171 Å². The second-order valence-electron chi connectivity index (χ2n) is 7.57. The summed E-state index contributed by atoms with van der Waals surface area (Å²) in [5.74, 6) is -1.25. The SMILES string of the molecule is Cc1ccc(CNC(=O)C(=O)NCC(c2cn(C)c3ccccc23)N(C)C)cc1. The number of fused-ring (bicyclic) bond motifs is 1. The summed E-state index contributed by atoms with van der Waals surface area (Å²) in [5.41, 5.74) is 4.37. The molecule has 3 rings (SSSR count). The predicted molar refractivity (Wildman–Crippen MR) is 115 cm³/mol. The number of likely N-dealkylation sites (N-methyl/N-ethyl adjacent to an activating group) is 1. The maximum Gasteiger partial charge on any atom is 0.309 e. The van der Waals surface area contributed by atoms with Crippen molar-refractivity contribution in [2.24, 2.45) is 7.05 Å². The molecule has 1 atom stereocenters. The fourth-order valence-electron chi connectivity index (χ4n) is 3.45. The van der Waals surface area contributed by atoms with Crippen LogP contribution in [0.1, 0.15) is 22.7 Å². The Hall–Kier alpha value is -3.12. The summed E-state index contributed by atoms with van der Waals surface area (Å²) < 4.78 is 2.08. The fourth-order valence-corrected chi connectivity index (χ4v) is 3.45. The van der Waals surface area contributed by atoms with Crippen LogP contribution in [-0.2, 0) is 23.2 Å². The third kappa shape index (κ3) is 4.84. The summed E-state index contributed by atoms with van der Waals surface area (Å²) in [5, 5.41) is 6.60. The van der Waals surface area contributed by atoms with E-state index in [9.17, 15) is 9.59 Å². The van der Waals surface area contributed by atoms with Crippen molar-refractivity contribution in [1.29, 1.82) is 0 Å². The lowest BCUT2D eigenvalue weighted by atomic mass is 10.0. The van der Waals surface area contributed by atoms with Crippen LogP contribution in [0.3, 0.4) is 0 Å². The second kappa shape index (κ2) is 8.92. The van der Waals surface area contributed by atoms with Crippen LogP contribution in [0, 0.1) is 6.92 Å². The molecule has 6 nitrogen and oxygen atoms in total. The highest BCUT2D eigenvalue weighted by Gasteiger charge is 2.21. The van der Waals surface area contributed by atoms with Crippen LogP contribution in [-0.4, -0.2) is 41.9 Å². The van der Waals surface area contributed by atoms with Gasteiger partial charge in [-0.25, -0.2) is 0 Å². The molecular formula is C23H28N4O2. The van der Waals surface area contributed by atoms with Gasteiger partial charge in [0.25, 0.3) is 0 Å². The van der Waals surface area contributed by atoms with Gasteiger partial charge >= 0.3 is 11.8 Å². The quantitative estimate of drug-likeness (QED) is 0.634. The van der Waals surface area contributed by atoms with Gasteiger partial charge in [0.15, 0.2) is 0 Å². The van der Waals surface area contributed by atoms with E-state index in [1.54, 1.807) is 0 Å². The summed E-state index contributed by atoms with van der Waals surface area (Å²) in [7, 11) is 5.95. The van der Waals surface area contributed by atoms with Crippen molar-refractivity contribution in [3.63, 3.8) is 0 Å². The monoisotopic (exact) mass is 392 g/mol. The van der Waals surface area contributed by atoms with Crippen molar-refractivity contribution < 1.29 is 9.59 Å². The molecule has 2 N–H and O–H groups in total. The maximum absolute atomic E-state index is 12.3. The normalized spacial score (nSPS) is 12.2. The van der Waals surface area contributed by atoms with Crippen molar-refractivity contribution in [2.75, 3.05) is 20.6 Å². The number of carbonyl (C=O) groups is 2. The summed E-state index contributed by atoms with van der Waals surface area (Å²) in [6.45, 7) is 2.68. The van der Waals surface area contributed by atoms with E-state index in [0.29, 0.717) is 13.1 Å². The molecule has 6 heteroatoms. The van der Waals surface area contributed by atoms with Crippen molar-refractivity contribution in [3.8, 4) is 0 Å². The number of aryl methyl sites for hydroxylation is 2. The van der Waals surface area contributed by atoms with Gasteiger partial charge in [0.2, 0.25) is 0 Å². The Morgan fingerprint density at radius 1 is 1.00 bits per heavy atom. The summed E-state index contributed by atoms with van der Waals surface area (Å²) in [4.78, 5) is 26.5. The lowest BCUT2D eigenvalue weighted by Crippen LogP contribution is -2.42. The predicted octanol–water partition coefficient (Wildman–Crippen LogP) is 2.52. The van der Waals surface area contributed by atoms with E-state index in [1.165, 1.54) is 0 Å². The Balaban J connectivity index is 1.63. The first-order chi connectivity index (χ1) is 13.9. The van der Waals surface area contributed by atoms with Gasteiger partial charge in [-0.2, -0.15) is 0 Å². The smallest absolute Gasteiger partial charge is 0.309 e. The minimum absolute atomic E-state index is 0.0463. The number of hydrogen-bond acceptors (Lipinski definition) is 3. The van der Waals surface area contributed by atoms with E-state index in [2.05, 4.69) is 33.5 Å². The minimum atomic E-state index is -0.624. The van der Waals surface area contributed by atoms with E-state index in [4.69, 9.17) is 0 Å². The van der Waals surface area contributed by atoms with Crippen molar-refractivity contribution in [1.82, 2.24) is 20.1 Å². The summed E-state index contributed by atoms with van der Waals surface area (Å²) in [6.07, 6.45) is 2.08. The number of nitrogens with zero attached hydrogens (tertiary/aromatic N) is 2. The zero-order valence-corrected chi connectivity index (χ0v) is 17.4. The first kappa shape index (κ1) is 20.6. The van der Waals surface area contributed by atoms with Crippen LogP contribution in [0.5, 0.6) is 0 Å². The summed E-state index contributed by atoms with van der Waals surface area (Å²) in [6, 6.07) is 16.0. The standard InChI is InChI=1S/C23H28N4O2/c1-16-9-11-17(12-10-16)13-24-22(28)23(29)25-14-21(26(2)3)19-15-27(4)20-8-6-5-7-18(19)20/h5-12,15,21H,13-14H2,1-4H3,(H,24,28)(H,25,29). The third-order valence-corrected chi connectivity index (χ3v) is 5.15. The molecule has 0 radical (unpaired) electrons. The molecule has 2 amide bonds. The van der Waals surface area contributed by atoms with Gasteiger partial charge in [-0.1, -0.05) is 48.0 Å². The molecule has 1 heterocycles. The molecular weight excluding hydrogens is 364 g/mol. The van der Waals surface area contributed by atoms with Gasteiger partial charge in [0, 0.05) is 37.2 Å². The number of carbonyl (C=O) groups excluding carboxylic acids is 2. The number of para-hydroxylation sites is 1. The molecule has 0 fully saturated rings. The average Bonchev–Trinajstić information content (AvgIpc) is 3.04. The zero-order valence-electron chi connectivity index (χ0n) is 17.4. The van der Waals surface area contributed by atoms with Crippen LogP contribution in [0.15, 0.2) is 54.7 Å². The number of rotatable bonds is 6. The van der Waals surface area contributed by atoms with E-state index >= 15 is 0 Å². The second-order valence-corrected chi connectivity index (χ2v) is 7.57. The Bertz CT molecular complexity index is 1010. The van der Waals surface area contributed by atoms with Gasteiger partial charge in [-0.3, -0.25) is 9.59 Å². The van der Waals surface area contributed by atoms with Gasteiger partial charge in [-0.15, -0.1) is 0 Å². The largest absolute Gasteiger partial charge is 0.350 e. The number of nitrogens with one attached hydrogen (secondary N) is 2. The van der Waals surface area contributed by atoms with Crippen LogP contribution >= 0.6 is 0 Å². The van der Waals surface area contributed by atoms with Gasteiger partial charge in [-0.05, 0) is 38.2 Å². The molecule has 0 aliphatic carbocycles. The lowest BCUT2D eigenvalue weighted by molar-refractivity contribution is -0.139. The Morgan fingerprint density at radius 2 is 1.66 bits per heavy atom. The van der Waals surface area contributed by atoms with E-state index < -0.39 is 11.8 Å². The zero-order chi connectivity index (χ0) is 21.0. The molecule has 1 unspecified atom stereocenters. The van der Waals surface area contributed by atoms with Crippen molar-refractivity contribution in [3.05, 3.63) is 71.4 Å². The number of hydrogen-bond donors (Lipinski definition) is 2. The summed E-state index contributed by atoms with van der Waals surface area (Å²) >= 11 is 0. The number of aromatic nitrogens is 1. The highest BCUT2D eigenvalue weighted by molar-refractivity contribution is 6.35. The van der Waals surface area contributed by atoms with Crippen molar-refractivity contribution >= 4 is 22.7 Å². The van der Waals surface area contributed by atoms with Crippen LogP contribution in [0.4, 0.5) is 0 Å². The molecule has 0 saturated heterocycles. The molecule has 0 aliphatic heterocycles. The topological polar surface area (TPSA) is 66.4 Å². The van der Waals surface area contributed by atoms with E-state index in [1.807, 2.05) is 69.4 Å². The van der Waals surface area contributed by atoms with Gasteiger partial charge < -0.3 is 20.1 Å². The highest BCUT2D eigenvalue weighted by Crippen LogP contribution is 2.28. The van der Waals surface area contributed by atoms with E-state index in [0.717, 1.165) is 27.6 Å². The van der Waals surface area contributed by atoms with Crippen molar-refractivity contribution in [2.45, 2.75) is 19.5 Å². The average molecular weight is 393 g/mol. The Kier molecular flexibility index (Phi) is 6.34. The molecule has 3 aromatic rings. The van der Waals surface area contributed by atoms with Crippen LogP contribution < -0.4 is 10.6 Å². The maximum atomic E-state index is 12.3. The molecule has 0 spiro atoms. The van der Waals surface area contributed by atoms with Crippen LogP contribution in [0.25, 0.3) is 10.9 Å². The molecule has 1 aromatic heterocycles. The van der Waals surface area contributed by atoms with Crippen LogP contribution in [0.2, 0.25) is 0 Å². The fraction of sp³-hybridized carbons (Fsp3) is 0.304. The minimum Gasteiger partial charge on any atom is -0.350 e. The molecule has 29 heavy (non-hydrogen) atoms. The third-order valence-electron chi connectivity index (χ3n) is 5.15. The molecule has 0 saturated carbocycles. The van der Waals surface area contributed by atoms with E-state index in [-0.39, 0.29) is 6.04 Å². The highest BCUT2D eigenvalue weighted by atomic mass is 16.2. The number of benzene rings is 2. The van der Waals surface area contributed by atoms with Gasteiger partial charge in [0.1, 0.15) is 0 Å². The molecule has 0 aliphatic rings. The number of amides is 2. The first-order valence-corrected chi connectivity index (χ1v) is 9.68. The molecule has 152 valence electrons. The molecule has 2 aromatic carbocycles. The molecule has 0 bridgehead atoms. The Morgan fingerprint density at radius 3 is 2.34 bits per heavy atom. The van der Waals surface area contributed by atoms with Gasteiger partial charge in [0.05, 0.1) is 6.04 Å². The lowest BCUT2D eigenvalue weighted by Gasteiger charge is -2.24.